The molecule has 1 aliphatic carbocycles. The van der Waals surface area contributed by atoms with Crippen molar-refractivity contribution in [3.63, 3.8) is 0 Å². The second-order valence-corrected chi connectivity index (χ2v) is 7.88. The molecule has 2 fully saturated rings. The maximum Gasteiger partial charge on any atom is 0.223 e. The van der Waals surface area contributed by atoms with Crippen molar-refractivity contribution in [3.8, 4) is 0 Å². The molecule has 2 amide bonds. The van der Waals surface area contributed by atoms with E-state index >= 15 is 0 Å². The van der Waals surface area contributed by atoms with Gasteiger partial charge in [0.25, 0.3) is 0 Å². The second kappa shape index (κ2) is 8.55. The Bertz CT molecular complexity index is 801. The molecule has 0 radical (unpaired) electrons. The number of nitrogens with one attached hydrogen (secondary N) is 1. The van der Waals surface area contributed by atoms with Gasteiger partial charge in [0.1, 0.15) is 0 Å². The first kappa shape index (κ1) is 18.7. The van der Waals surface area contributed by atoms with Gasteiger partial charge in [-0.1, -0.05) is 36.4 Å². The molecule has 5 heteroatoms. The van der Waals surface area contributed by atoms with Crippen molar-refractivity contribution in [2.75, 3.05) is 13.1 Å². The first-order valence-corrected chi connectivity index (χ1v) is 10.2. The molecule has 4 rings (SSSR count). The lowest BCUT2D eigenvalue weighted by Crippen LogP contribution is -2.43. The Morgan fingerprint density at radius 1 is 1.07 bits per heavy atom. The first-order valence-electron chi connectivity index (χ1n) is 10.2. The summed E-state index contributed by atoms with van der Waals surface area (Å²) in [7, 11) is 0. The van der Waals surface area contributed by atoms with Crippen molar-refractivity contribution >= 4 is 11.8 Å². The molecule has 5 nitrogen and oxygen atoms in total. The number of benzene rings is 1. The largest absolute Gasteiger partial charge is 0.352 e. The minimum Gasteiger partial charge on any atom is -0.352 e. The van der Waals surface area contributed by atoms with E-state index in [0.717, 1.165) is 25.7 Å². The van der Waals surface area contributed by atoms with E-state index in [-0.39, 0.29) is 23.8 Å². The molecule has 1 saturated carbocycles. The highest BCUT2D eigenvalue weighted by Gasteiger charge is 2.41. The summed E-state index contributed by atoms with van der Waals surface area (Å²) in [5, 5.41) is 3.19. The summed E-state index contributed by atoms with van der Waals surface area (Å²) in [6.45, 7) is 1.37. The number of carbonyl (C=O) groups is 2. The molecular formula is C23H27N3O2. The lowest BCUT2D eigenvalue weighted by molar-refractivity contribution is -0.135. The van der Waals surface area contributed by atoms with Crippen molar-refractivity contribution in [3.05, 3.63) is 66.0 Å². The summed E-state index contributed by atoms with van der Waals surface area (Å²) in [6.07, 6.45) is 7.48. The number of amides is 2. The molecule has 0 unspecified atom stereocenters. The fraction of sp³-hybridized carbons (Fsp3) is 0.435. The van der Waals surface area contributed by atoms with Crippen LogP contribution in [0.2, 0.25) is 0 Å². The Hall–Kier alpha value is -2.69. The van der Waals surface area contributed by atoms with Crippen LogP contribution in [-0.2, 0) is 16.0 Å². The summed E-state index contributed by atoms with van der Waals surface area (Å²) in [6, 6.07) is 14.4. The number of likely N-dealkylation sites (tertiary alicyclic amines) is 1. The quantitative estimate of drug-likeness (QED) is 0.842. The molecule has 1 aliphatic heterocycles. The molecule has 0 bridgehead atoms. The Morgan fingerprint density at radius 2 is 1.86 bits per heavy atom. The fourth-order valence-electron chi connectivity index (χ4n) is 4.06. The van der Waals surface area contributed by atoms with Crippen molar-refractivity contribution in [2.45, 2.75) is 44.1 Å². The van der Waals surface area contributed by atoms with Crippen LogP contribution in [0.25, 0.3) is 0 Å². The molecule has 1 saturated heterocycles. The Labute approximate surface area is 166 Å². The zero-order valence-corrected chi connectivity index (χ0v) is 16.1. The molecule has 1 N–H and O–H groups in total. The van der Waals surface area contributed by atoms with Crippen LogP contribution in [-0.4, -0.2) is 40.8 Å². The smallest absolute Gasteiger partial charge is 0.223 e. The van der Waals surface area contributed by atoms with Crippen LogP contribution in [0.3, 0.4) is 0 Å². The van der Waals surface area contributed by atoms with Crippen LogP contribution < -0.4 is 5.32 Å². The molecule has 0 spiro atoms. The lowest BCUT2D eigenvalue weighted by atomic mass is 9.95. The number of carbonyl (C=O) groups excluding carboxylic acids is 2. The highest BCUT2D eigenvalue weighted by Crippen LogP contribution is 2.40. The Balaban J connectivity index is 1.19. The van der Waals surface area contributed by atoms with E-state index in [9.17, 15) is 9.59 Å². The Kier molecular flexibility index (Phi) is 5.70. The van der Waals surface area contributed by atoms with E-state index in [0.29, 0.717) is 25.4 Å². The Morgan fingerprint density at radius 3 is 2.57 bits per heavy atom. The maximum absolute atomic E-state index is 12.6. The highest BCUT2D eigenvalue weighted by atomic mass is 16.2. The molecule has 2 aromatic rings. The minimum atomic E-state index is 0.0216. The van der Waals surface area contributed by atoms with E-state index < -0.39 is 0 Å². The molecule has 28 heavy (non-hydrogen) atoms. The number of hydrogen-bond donors (Lipinski definition) is 1. The number of nitrogens with zero attached hydrogens (tertiary/aromatic N) is 2. The highest BCUT2D eigenvalue weighted by molar-refractivity contribution is 5.80. The summed E-state index contributed by atoms with van der Waals surface area (Å²) >= 11 is 0. The monoisotopic (exact) mass is 377 g/mol. The van der Waals surface area contributed by atoms with E-state index in [1.807, 2.05) is 35.4 Å². The van der Waals surface area contributed by atoms with Gasteiger partial charge in [-0.25, -0.2) is 0 Å². The zero-order valence-electron chi connectivity index (χ0n) is 16.1. The summed E-state index contributed by atoms with van der Waals surface area (Å²) in [5.41, 5.74) is 2.39. The van der Waals surface area contributed by atoms with Crippen LogP contribution in [0.4, 0.5) is 0 Å². The van der Waals surface area contributed by atoms with Gasteiger partial charge in [0, 0.05) is 49.8 Å². The van der Waals surface area contributed by atoms with Crippen LogP contribution in [0.5, 0.6) is 0 Å². The fourth-order valence-corrected chi connectivity index (χ4v) is 4.06. The number of piperidine rings is 1. The maximum atomic E-state index is 12.6. The molecule has 1 aromatic carbocycles. The van der Waals surface area contributed by atoms with Crippen LogP contribution in [0, 0.1) is 5.92 Å². The predicted octanol–water partition coefficient (Wildman–Crippen LogP) is 2.93. The van der Waals surface area contributed by atoms with Crippen LogP contribution in [0.15, 0.2) is 54.9 Å². The van der Waals surface area contributed by atoms with E-state index in [1.54, 1.807) is 6.20 Å². The van der Waals surface area contributed by atoms with Gasteiger partial charge < -0.3 is 10.2 Å². The predicted molar refractivity (Wildman–Crippen MR) is 108 cm³/mol. The molecule has 2 aliphatic rings. The average molecular weight is 377 g/mol. The van der Waals surface area contributed by atoms with Gasteiger partial charge in [-0.05, 0) is 42.9 Å². The van der Waals surface area contributed by atoms with Crippen molar-refractivity contribution in [1.82, 2.24) is 15.2 Å². The topological polar surface area (TPSA) is 62.3 Å². The number of rotatable bonds is 6. The van der Waals surface area contributed by atoms with Crippen molar-refractivity contribution in [1.29, 1.82) is 0 Å². The molecule has 2 atom stereocenters. The number of aromatic nitrogens is 1. The molecule has 146 valence electrons. The van der Waals surface area contributed by atoms with Gasteiger partial charge in [0.2, 0.25) is 11.8 Å². The average Bonchev–Trinajstić information content (AvgIpc) is 3.52. The van der Waals surface area contributed by atoms with Gasteiger partial charge >= 0.3 is 0 Å². The van der Waals surface area contributed by atoms with Gasteiger partial charge in [-0.2, -0.15) is 0 Å². The van der Waals surface area contributed by atoms with Crippen molar-refractivity contribution < 1.29 is 9.59 Å². The van der Waals surface area contributed by atoms with Gasteiger partial charge in [-0.3, -0.25) is 14.6 Å². The summed E-state index contributed by atoms with van der Waals surface area (Å²) in [4.78, 5) is 31.1. The van der Waals surface area contributed by atoms with Crippen molar-refractivity contribution in [2.24, 2.45) is 5.92 Å². The number of pyridine rings is 1. The normalized spacial score (nSPS) is 21.9. The standard InChI is InChI=1S/C23H27N3O2/c27-22(9-8-17-5-2-1-3-6-17)26-13-10-18(11-14-26)23(28)25-21-15-20(21)19-7-4-12-24-16-19/h1-7,12,16,18,20-21H,8-11,13-15H2,(H,25,28)/t20-,21+/m1/s1. The van der Waals surface area contributed by atoms with Gasteiger partial charge in [-0.15, -0.1) is 0 Å². The van der Waals surface area contributed by atoms with Gasteiger partial charge in [0.05, 0.1) is 0 Å². The summed E-state index contributed by atoms with van der Waals surface area (Å²) in [5.74, 6) is 0.764. The molecular weight excluding hydrogens is 350 g/mol. The third kappa shape index (κ3) is 4.58. The SMILES string of the molecule is O=C(N[C@H]1C[C@@H]1c1cccnc1)C1CCN(C(=O)CCc2ccccc2)CC1. The van der Waals surface area contributed by atoms with Crippen LogP contribution >= 0.6 is 0 Å². The molecule has 2 heterocycles. The number of hydrogen-bond acceptors (Lipinski definition) is 3. The lowest BCUT2D eigenvalue weighted by Gasteiger charge is -2.31. The third-order valence-electron chi connectivity index (χ3n) is 5.92. The number of aryl methyl sites for hydroxylation is 1. The molecule has 1 aromatic heterocycles. The van der Waals surface area contributed by atoms with E-state index in [1.165, 1.54) is 11.1 Å². The summed E-state index contributed by atoms with van der Waals surface area (Å²) < 4.78 is 0. The third-order valence-corrected chi connectivity index (χ3v) is 5.92. The second-order valence-electron chi connectivity index (χ2n) is 7.88. The van der Waals surface area contributed by atoms with Gasteiger partial charge in [0.15, 0.2) is 0 Å². The minimum absolute atomic E-state index is 0.0216. The first-order chi connectivity index (χ1) is 13.7. The van der Waals surface area contributed by atoms with E-state index in [4.69, 9.17) is 0 Å². The zero-order chi connectivity index (χ0) is 19.3. The van der Waals surface area contributed by atoms with E-state index in [2.05, 4.69) is 28.5 Å². The van der Waals surface area contributed by atoms with Crippen LogP contribution in [0.1, 0.15) is 42.7 Å².